The Kier molecular flexibility index (Phi) is 4.65. The zero-order valence-corrected chi connectivity index (χ0v) is 13.4. The van der Waals surface area contributed by atoms with E-state index in [-0.39, 0.29) is 5.95 Å². The molecule has 0 unspecified atom stereocenters. The highest BCUT2D eigenvalue weighted by Gasteiger charge is 2.33. The number of rotatable bonds is 3. The van der Waals surface area contributed by atoms with Crippen LogP contribution in [0.3, 0.4) is 0 Å². The number of hydrogen-bond donors (Lipinski definition) is 0. The highest BCUT2D eigenvalue weighted by Crippen LogP contribution is 2.31. The molecule has 3 rings (SSSR count). The summed E-state index contributed by atoms with van der Waals surface area (Å²) in [5.74, 6) is 0.0842. The first kappa shape index (κ1) is 17.2. The number of benzene rings is 1. The molecule has 25 heavy (non-hydrogen) atoms. The second kappa shape index (κ2) is 6.73. The van der Waals surface area contributed by atoms with Crippen molar-refractivity contribution in [2.75, 3.05) is 43.1 Å². The Hall–Kier alpha value is -2.58. The van der Waals surface area contributed by atoms with Gasteiger partial charge in [0.2, 0.25) is 5.95 Å². The van der Waals surface area contributed by atoms with Crippen LogP contribution in [-0.2, 0) is 6.18 Å². The van der Waals surface area contributed by atoms with Crippen molar-refractivity contribution in [3.8, 4) is 5.75 Å². The van der Waals surface area contributed by atoms with Crippen LogP contribution in [0.4, 0.5) is 29.2 Å². The first-order chi connectivity index (χ1) is 11.9. The quantitative estimate of drug-likeness (QED) is 0.791. The average molecular weight is 356 g/mol. The van der Waals surface area contributed by atoms with Crippen LogP contribution in [0.5, 0.6) is 5.75 Å². The predicted octanol–water partition coefficient (Wildman–Crippen LogP) is 2.97. The fourth-order valence-corrected chi connectivity index (χ4v) is 2.72. The molecular formula is C16H16F4N4O. The van der Waals surface area contributed by atoms with Gasteiger partial charge in [0.25, 0.3) is 0 Å². The lowest BCUT2D eigenvalue weighted by Gasteiger charge is -2.36. The molecule has 0 saturated carbocycles. The third-order valence-corrected chi connectivity index (χ3v) is 3.98. The van der Waals surface area contributed by atoms with Gasteiger partial charge >= 0.3 is 6.18 Å². The maximum atomic E-state index is 13.3. The number of aromatic nitrogens is 2. The lowest BCUT2D eigenvalue weighted by molar-refractivity contribution is -0.141. The van der Waals surface area contributed by atoms with Crippen LogP contribution >= 0.6 is 0 Å². The van der Waals surface area contributed by atoms with Crippen molar-refractivity contribution in [2.45, 2.75) is 6.18 Å². The highest BCUT2D eigenvalue weighted by molar-refractivity contribution is 5.59. The SMILES string of the molecule is COc1cc(F)ccc1N1CCN(c2nccc(C(F)(F)F)n2)CC1. The summed E-state index contributed by atoms with van der Waals surface area (Å²) in [5, 5.41) is 0. The molecule has 0 N–H and O–H groups in total. The van der Waals surface area contributed by atoms with Gasteiger partial charge in [-0.15, -0.1) is 0 Å². The van der Waals surface area contributed by atoms with E-state index < -0.39 is 17.7 Å². The molecule has 0 atom stereocenters. The number of nitrogens with zero attached hydrogens (tertiary/aromatic N) is 4. The monoisotopic (exact) mass is 356 g/mol. The van der Waals surface area contributed by atoms with Gasteiger partial charge in [-0.1, -0.05) is 0 Å². The van der Waals surface area contributed by atoms with Crippen LogP contribution in [0.15, 0.2) is 30.5 Å². The van der Waals surface area contributed by atoms with Crippen LogP contribution in [0, 0.1) is 5.82 Å². The minimum absolute atomic E-state index is 0.0561. The molecule has 1 saturated heterocycles. The summed E-state index contributed by atoms with van der Waals surface area (Å²) in [6.45, 7) is 1.95. The number of methoxy groups -OCH3 is 1. The van der Waals surface area contributed by atoms with Gasteiger partial charge in [-0.05, 0) is 18.2 Å². The Bertz CT molecular complexity index is 745. The highest BCUT2D eigenvalue weighted by atomic mass is 19.4. The first-order valence-electron chi connectivity index (χ1n) is 7.62. The molecule has 2 heterocycles. The molecule has 0 bridgehead atoms. The van der Waals surface area contributed by atoms with Crippen LogP contribution in [-0.4, -0.2) is 43.3 Å². The summed E-state index contributed by atoms with van der Waals surface area (Å²) in [7, 11) is 1.46. The molecule has 0 radical (unpaired) electrons. The fraction of sp³-hybridized carbons (Fsp3) is 0.375. The van der Waals surface area contributed by atoms with E-state index in [1.165, 1.54) is 19.2 Å². The molecule has 0 spiro atoms. The maximum absolute atomic E-state index is 13.3. The van der Waals surface area contributed by atoms with E-state index in [2.05, 4.69) is 9.97 Å². The van der Waals surface area contributed by atoms with Gasteiger partial charge in [0.1, 0.15) is 17.3 Å². The van der Waals surface area contributed by atoms with Crippen molar-refractivity contribution >= 4 is 11.6 Å². The maximum Gasteiger partial charge on any atom is 0.433 e. The van der Waals surface area contributed by atoms with E-state index in [1.54, 1.807) is 11.0 Å². The number of hydrogen-bond acceptors (Lipinski definition) is 5. The second-order valence-electron chi connectivity index (χ2n) is 5.53. The van der Waals surface area contributed by atoms with Gasteiger partial charge in [0, 0.05) is 38.4 Å². The van der Waals surface area contributed by atoms with Gasteiger partial charge in [0.15, 0.2) is 0 Å². The smallest absolute Gasteiger partial charge is 0.433 e. The third kappa shape index (κ3) is 3.75. The van der Waals surface area contributed by atoms with Crippen molar-refractivity contribution in [3.05, 3.63) is 42.0 Å². The summed E-state index contributed by atoms with van der Waals surface area (Å²) < 4.78 is 56.8. The van der Waals surface area contributed by atoms with E-state index in [1.807, 2.05) is 4.90 Å². The number of anilines is 2. The second-order valence-corrected chi connectivity index (χ2v) is 5.53. The molecule has 9 heteroatoms. The Morgan fingerprint density at radius 3 is 2.36 bits per heavy atom. The van der Waals surface area contributed by atoms with Crippen molar-refractivity contribution in [1.29, 1.82) is 0 Å². The van der Waals surface area contributed by atoms with Crippen LogP contribution in [0.2, 0.25) is 0 Å². The van der Waals surface area contributed by atoms with E-state index >= 15 is 0 Å². The summed E-state index contributed by atoms with van der Waals surface area (Å²) in [4.78, 5) is 11.2. The van der Waals surface area contributed by atoms with Crippen LogP contribution in [0.25, 0.3) is 0 Å². The van der Waals surface area contributed by atoms with Crippen LogP contribution < -0.4 is 14.5 Å². The molecule has 134 valence electrons. The number of piperazine rings is 1. The molecule has 1 aromatic carbocycles. The molecule has 0 aliphatic carbocycles. The van der Waals surface area contributed by atoms with E-state index in [4.69, 9.17) is 4.74 Å². The Morgan fingerprint density at radius 2 is 1.72 bits per heavy atom. The van der Waals surface area contributed by atoms with Gasteiger partial charge in [-0.2, -0.15) is 13.2 Å². The van der Waals surface area contributed by atoms with Crippen molar-refractivity contribution in [1.82, 2.24) is 9.97 Å². The molecule has 5 nitrogen and oxygen atoms in total. The molecule has 2 aromatic rings. The number of ether oxygens (including phenoxy) is 1. The van der Waals surface area contributed by atoms with Crippen molar-refractivity contribution in [3.63, 3.8) is 0 Å². The molecular weight excluding hydrogens is 340 g/mol. The van der Waals surface area contributed by atoms with Crippen LogP contribution in [0.1, 0.15) is 5.69 Å². The standard InChI is InChI=1S/C16H16F4N4O/c1-25-13-10-11(17)2-3-12(13)23-6-8-24(9-7-23)15-21-5-4-14(22-15)16(18,19)20/h2-5,10H,6-9H2,1H3. The zero-order valence-electron chi connectivity index (χ0n) is 13.4. The molecule has 1 aliphatic rings. The minimum atomic E-state index is -4.50. The van der Waals surface area contributed by atoms with Gasteiger partial charge in [0.05, 0.1) is 12.8 Å². The number of alkyl halides is 3. The molecule has 1 aliphatic heterocycles. The first-order valence-corrected chi connectivity index (χ1v) is 7.62. The predicted molar refractivity (Wildman–Crippen MR) is 84.4 cm³/mol. The van der Waals surface area contributed by atoms with E-state index in [0.29, 0.717) is 31.9 Å². The third-order valence-electron chi connectivity index (χ3n) is 3.98. The lowest BCUT2D eigenvalue weighted by Crippen LogP contribution is -2.47. The zero-order chi connectivity index (χ0) is 18.0. The summed E-state index contributed by atoms with van der Waals surface area (Å²) in [6, 6.07) is 5.13. The van der Waals surface area contributed by atoms with E-state index in [0.717, 1.165) is 18.0 Å². The molecule has 1 fully saturated rings. The Balaban J connectivity index is 1.72. The summed E-state index contributed by atoms with van der Waals surface area (Å²) in [5.41, 5.74) is -0.214. The topological polar surface area (TPSA) is 41.5 Å². The van der Waals surface area contributed by atoms with E-state index in [9.17, 15) is 17.6 Å². The van der Waals surface area contributed by atoms with Crippen molar-refractivity contribution in [2.24, 2.45) is 0 Å². The number of halogens is 4. The lowest BCUT2D eigenvalue weighted by atomic mass is 10.2. The van der Waals surface area contributed by atoms with Gasteiger partial charge in [-0.3, -0.25) is 0 Å². The molecule has 0 amide bonds. The fourth-order valence-electron chi connectivity index (χ4n) is 2.72. The average Bonchev–Trinajstić information content (AvgIpc) is 2.61. The largest absolute Gasteiger partial charge is 0.494 e. The van der Waals surface area contributed by atoms with Crippen molar-refractivity contribution < 1.29 is 22.3 Å². The van der Waals surface area contributed by atoms with Gasteiger partial charge in [-0.25, -0.2) is 14.4 Å². The summed E-state index contributed by atoms with van der Waals surface area (Å²) in [6.07, 6.45) is -3.39. The van der Waals surface area contributed by atoms with Gasteiger partial charge < -0.3 is 14.5 Å². The molecule has 1 aromatic heterocycles. The Morgan fingerprint density at radius 1 is 1.04 bits per heavy atom. The minimum Gasteiger partial charge on any atom is -0.494 e. The summed E-state index contributed by atoms with van der Waals surface area (Å²) >= 11 is 0. The normalized spacial score (nSPS) is 15.4. The Labute approximate surface area is 141 Å².